The van der Waals surface area contributed by atoms with Gasteiger partial charge in [0.05, 0.1) is 12.6 Å². The highest BCUT2D eigenvalue weighted by atomic mass is 35.5. The van der Waals surface area contributed by atoms with Gasteiger partial charge in [-0.1, -0.05) is 6.92 Å². The van der Waals surface area contributed by atoms with Crippen molar-refractivity contribution in [1.29, 1.82) is 0 Å². The minimum absolute atomic E-state index is 0. The molecule has 2 aromatic rings. The molecule has 3 rings (SSSR count). The van der Waals surface area contributed by atoms with E-state index < -0.39 is 0 Å². The molecular weight excluding hydrogens is 334 g/mol. The molecule has 1 fully saturated rings. The Labute approximate surface area is 146 Å². The number of rotatable bonds is 5. The van der Waals surface area contributed by atoms with Crippen LogP contribution < -0.4 is 10.6 Å². The molecule has 1 saturated heterocycles. The molecule has 126 valence electrons. The van der Waals surface area contributed by atoms with E-state index in [1.165, 1.54) is 4.88 Å². The maximum absolute atomic E-state index is 12.2. The van der Waals surface area contributed by atoms with Crippen molar-refractivity contribution in [3.8, 4) is 0 Å². The minimum Gasteiger partial charge on any atom is -0.344 e. The molecule has 2 N–H and O–H groups in total. The highest BCUT2D eigenvalue weighted by Gasteiger charge is 2.17. The molecule has 2 aromatic heterocycles. The van der Waals surface area contributed by atoms with Gasteiger partial charge < -0.3 is 10.6 Å². The minimum atomic E-state index is -0.143. The second kappa shape index (κ2) is 8.42. The SMILES string of the molecule is CCc1cnc(CNC(=O)c2ccn(C3CCCNC3)n2)s1.Cl. The lowest BCUT2D eigenvalue weighted by molar-refractivity contribution is 0.0944. The summed E-state index contributed by atoms with van der Waals surface area (Å²) in [5, 5.41) is 11.6. The van der Waals surface area contributed by atoms with Crippen LogP contribution in [0.5, 0.6) is 0 Å². The smallest absolute Gasteiger partial charge is 0.272 e. The normalized spacial score (nSPS) is 17.5. The van der Waals surface area contributed by atoms with Gasteiger partial charge in [-0.25, -0.2) is 4.98 Å². The Bertz CT molecular complexity index is 635. The second-order valence-electron chi connectivity index (χ2n) is 5.44. The number of hydrogen-bond donors (Lipinski definition) is 2. The topological polar surface area (TPSA) is 71.8 Å². The van der Waals surface area contributed by atoms with Gasteiger partial charge in [-0.05, 0) is 31.9 Å². The fourth-order valence-corrected chi connectivity index (χ4v) is 3.36. The zero-order valence-corrected chi connectivity index (χ0v) is 14.8. The molecule has 8 heteroatoms. The zero-order valence-electron chi connectivity index (χ0n) is 13.1. The summed E-state index contributed by atoms with van der Waals surface area (Å²) in [5.41, 5.74) is 0.470. The average molecular weight is 356 g/mol. The second-order valence-corrected chi connectivity index (χ2v) is 6.64. The fourth-order valence-electron chi connectivity index (χ4n) is 2.56. The van der Waals surface area contributed by atoms with Crippen molar-refractivity contribution in [2.75, 3.05) is 13.1 Å². The number of carbonyl (C=O) groups excluding carboxylic acids is 1. The molecule has 6 nitrogen and oxygen atoms in total. The number of amides is 1. The van der Waals surface area contributed by atoms with Crippen molar-refractivity contribution in [2.45, 2.75) is 38.8 Å². The van der Waals surface area contributed by atoms with Gasteiger partial charge in [0.1, 0.15) is 10.7 Å². The van der Waals surface area contributed by atoms with E-state index in [1.807, 2.05) is 17.1 Å². The highest BCUT2D eigenvalue weighted by Crippen LogP contribution is 2.16. The molecule has 1 atom stereocenters. The molecular formula is C15H22ClN5OS. The fraction of sp³-hybridized carbons (Fsp3) is 0.533. The van der Waals surface area contributed by atoms with Crippen LogP contribution in [0.2, 0.25) is 0 Å². The number of carbonyl (C=O) groups is 1. The summed E-state index contributed by atoms with van der Waals surface area (Å²) < 4.78 is 1.90. The highest BCUT2D eigenvalue weighted by molar-refractivity contribution is 7.11. The first-order valence-corrected chi connectivity index (χ1v) is 8.55. The maximum atomic E-state index is 12.2. The van der Waals surface area contributed by atoms with E-state index in [-0.39, 0.29) is 18.3 Å². The van der Waals surface area contributed by atoms with Crippen LogP contribution in [0, 0.1) is 0 Å². The van der Waals surface area contributed by atoms with Crippen molar-refractivity contribution in [2.24, 2.45) is 0 Å². The lowest BCUT2D eigenvalue weighted by atomic mass is 10.1. The molecule has 0 spiro atoms. The van der Waals surface area contributed by atoms with Gasteiger partial charge in [0, 0.05) is 23.8 Å². The van der Waals surface area contributed by atoms with Gasteiger partial charge in [-0.2, -0.15) is 5.10 Å². The molecule has 1 aliphatic rings. The third-order valence-corrected chi connectivity index (χ3v) is 4.98. The van der Waals surface area contributed by atoms with Crippen LogP contribution in [0.1, 0.15) is 46.2 Å². The molecule has 0 radical (unpaired) electrons. The van der Waals surface area contributed by atoms with Crippen molar-refractivity contribution in [3.63, 3.8) is 0 Å². The number of piperidine rings is 1. The molecule has 0 aliphatic carbocycles. The Morgan fingerprint density at radius 3 is 3.13 bits per heavy atom. The number of halogens is 1. The van der Waals surface area contributed by atoms with Crippen LogP contribution in [0.3, 0.4) is 0 Å². The van der Waals surface area contributed by atoms with Gasteiger partial charge >= 0.3 is 0 Å². The summed E-state index contributed by atoms with van der Waals surface area (Å²) in [4.78, 5) is 17.7. The van der Waals surface area contributed by atoms with Crippen molar-refractivity contribution >= 4 is 29.7 Å². The van der Waals surface area contributed by atoms with E-state index in [2.05, 4.69) is 27.6 Å². The average Bonchev–Trinajstić information content (AvgIpc) is 3.22. The summed E-state index contributed by atoms with van der Waals surface area (Å²) in [7, 11) is 0. The number of aryl methyl sites for hydroxylation is 1. The molecule has 0 aromatic carbocycles. The quantitative estimate of drug-likeness (QED) is 0.862. The first-order valence-electron chi connectivity index (χ1n) is 7.74. The van der Waals surface area contributed by atoms with E-state index >= 15 is 0 Å². The molecule has 23 heavy (non-hydrogen) atoms. The number of nitrogens with zero attached hydrogens (tertiary/aromatic N) is 3. The molecule has 0 saturated carbocycles. The summed E-state index contributed by atoms with van der Waals surface area (Å²) in [6, 6.07) is 2.13. The Kier molecular flexibility index (Phi) is 6.56. The molecule has 1 unspecified atom stereocenters. The number of hydrogen-bond acceptors (Lipinski definition) is 5. The standard InChI is InChI=1S/C15H21N5OS.ClH/c1-2-12-9-17-14(22-12)10-18-15(21)13-5-7-20(19-13)11-4-3-6-16-8-11;/h5,7,9,11,16H,2-4,6,8,10H2,1H3,(H,18,21);1H. The van der Waals surface area contributed by atoms with Gasteiger partial charge in [-0.15, -0.1) is 23.7 Å². The monoisotopic (exact) mass is 355 g/mol. The van der Waals surface area contributed by atoms with E-state index in [0.29, 0.717) is 18.3 Å². The van der Waals surface area contributed by atoms with E-state index in [0.717, 1.165) is 37.4 Å². The third kappa shape index (κ3) is 4.53. The Balaban J connectivity index is 0.00000192. The van der Waals surface area contributed by atoms with Crippen LogP contribution in [0.15, 0.2) is 18.5 Å². The van der Waals surface area contributed by atoms with E-state index in [9.17, 15) is 4.79 Å². The van der Waals surface area contributed by atoms with Crippen molar-refractivity contribution in [1.82, 2.24) is 25.4 Å². The van der Waals surface area contributed by atoms with Crippen LogP contribution in [-0.4, -0.2) is 33.8 Å². The van der Waals surface area contributed by atoms with Crippen LogP contribution in [-0.2, 0) is 13.0 Å². The Hall–Kier alpha value is -1.44. The summed E-state index contributed by atoms with van der Waals surface area (Å²) >= 11 is 1.64. The third-order valence-electron chi connectivity index (χ3n) is 3.84. The van der Waals surface area contributed by atoms with Crippen molar-refractivity contribution in [3.05, 3.63) is 34.0 Å². The summed E-state index contributed by atoms with van der Waals surface area (Å²) in [6.07, 6.45) is 7.00. The Morgan fingerprint density at radius 1 is 1.57 bits per heavy atom. The molecule has 1 amide bonds. The number of nitrogens with one attached hydrogen (secondary N) is 2. The van der Waals surface area contributed by atoms with Gasteiger partial charge in [0.25, 0.3) is 5.91 Å². The number of thiazole rings is 1. The van der Waals surface area contributed by atoms with Gasteiger partial charge in [0.2, 0.25) is 0 Å². The van der Waals surface area contributed by atoms with Gasteiger partial charge in [-0.3, -0.25) is 9.48 Å². The molecule has 3 heterocycles. The predicted octanol–water partition coefficient (Wildman–Crippen LogP) is 2.18. The molecule has 0 bridgehead atoms. The molecule has 1 aliphatic heterocycles. The predicted molar refractivity (Wildman–Crippen MR) is 93.3 cm³/mol. The van der Waals surface area contributed by atoms with E-state index in [1.54, 1.807) is 17.4 Å². The largest absolute Gasteiger partial charge is 0.344 e. The van der Waals surface area contributed by atoms with Crippen LogP contribution in [0.4, 0.5) is 0 Å². The van der Waals surface area contributed by atoms with Crippen LogP contribution >= 0.6 is 23.7 Å². The first-order chi connectivity index (χ1) is 10.8. The summed E-state index contributed by atoms with van der Waals surface area (Å²) in [6.45, 7) is 4.55. The lowest BCUT2D eigenvalue weighted by Crippen LogP contribution is -2.32. The van der Waals surface area contributed by atoms with Crippen molar-refractivity contribution < 1.29 is 4.79 Å². The zero-order chi connectivity index (χ0) is 15.4. The Morgan fingerprint density at radius 2 is 2.43 bits per heavy atom. The van der Waals surface area contributed by atoms with Gasteiger partial charge in [0.15, 0.2) is 0 Å². The van der Waals surface area contributed by atoms with Crippen LogP contribution in [0.25, 0.3) is 0 Å². The maximum Gasteiger partial charge on any atom is 0.272 e. The summed E-state index contributed by atoms with van der Waals surface area (Å²) in [5.74, 6) is -0.143. The number of aromatic nitrogens is 3. The van der Waals surface area contributed by atoms with E-state index in [4.69, 9.17) is 0 Å². The lowest BCUT2D eigenvalue weighted by Gasteiger charge is -2.22. The first kappa shape index (κ1) is 17.9.